The van der Waals surface area contributed by atoms with Crippen LogP contribution in [0.25, 0.3) is 0 Å². The van der Waals surface area contributed by atoms with E-state index in [1.807, 2.05) is 14.1 Å². The molecule has 0 aliphatic carbocycles. The quantitative estimate of drug-likeness (QED) is 0.0421. The lowest BCUT2D eigenvalue weighted by Crippen LogP contribution is -2.49. The number of hydrogen-bond donors (Lipinski definition) is 1. The third-order valence-electron chi connectivity index (χ3n) is 9.42. The normalized spacial score (nSPS) is 12.4. The molecule has 5 heteroatoms. The molecule has 45 heavy (non-hydrogen) atoms. The third kappa shape index (κ3) is 34.1. The highest BCUT2D eigenvalue weighted by molar-refractivity contribution is 5.69. The number of esters is 1. The molecular formula is C40H80NO4+. The van der Waals surface area contributed by atoms with E-state index >= 15 is 0 Å². The first-order chi connectivity index (χ1) is 21.8. The molecule has 1 unspecified atom stereocenters. The highest BCUT2D eigenvalue weighted by atomic mass is 16.5. The van der Waals surface area contributed by atoms with Gasteiger partial charge in [-0.2, -0.15) is 0 Å². The van der Waals surface area contributed by atoms with Crippen LogP contribution in [0.15, 0.2) is 0 Å². The summed E-state index contributed by atoms with van der Waals surface area (Å²) in [6.07, 6.45) is 39.4. The molecule has 0 radical (unpaired) electrons. The van der Waals surface area contributed by atoms with E-state index < -0.39 is 5.97 Å². The van der Waals surface area contributed by atoms with Gasteiger partial charge in [-0.1, -0.05) is 187 Å². The molecule has 0 aliphatic heterocycles. The number of rotatable bonds is 36. The van der Waals surface area contributed by atoms with Gasteiger partial charge in [-0.05, 0) is 19.3 Å². The maximum absolute atomic E-state index is 12.7. The summed E-state index contributed by atoms with van der Waals surface area (Å²) in [5.41, 5.74) is 0. The Balaban J connectivity index is 4.01. The largest absolute Gasteiger partial charge is 0.477 e. The van der Waals surface area contributed by atoms with Gasteiger partial charge in [0.2, 0.25) is 0 Å². The molecule has 0 spiro atoms. The average Bonchev–Trinajstić information content (AvgIpc) is 2.98. The molecule has 0 aromatic heterocycles. The number of carbonyl (C=O) groups excluding carboxylic acids is 1. The molecule has 1 N–H and O–H groups in total. The van der Waals surface area contributed by atoms with E-state index in [2.05, 4.69) is 13.8 Å². The standard InChI is InChI=1S/C40H79NO4/c1-5-7-9-11-13-15-17-19-21-23-25-27-29-31-33-35-40(44)45-38(36-41(3,4)37-39(42)43)34-32-30-28-26-24-22-20-18-16-14-12-10-8-6-2/h38H,5-37H2,1-4H3/p+1. The van der Waals surface area contributed by atoms with Crippen LogP contribution in [0, 0.1) is 0 Å². The summed E-state index contributed by atoms with van der Waals surface area (Å²) in [7, 11) is 3.85. The van der Waals surface area contributed by atoms with E-state index in [0.717, 1.165) is 32.1 Å². The average molecular weight is 639 g/mol. The number of carbonyl (C=O) groups is 2. The monoisotopic (exact) mass is 639 g/mol. The fourth-order valence-corrected chi connectivity index (χ4v) is 6.62. The van der Waals surface area contributed by atoms with Crippen LogP contribution in [-0.2, 0) is 14.3 Å². The third-order valence-corrected chi connectivity index (χ3v) is 9.42. The van der Waals surface area contributed by atoms with Gasteiger partial charge >= 0.3 is 11.9 Å². The summed E-state index contributed by atoms with van der Waals surface area (Å²) in [6, 6.07) is 0. The van der Waals surface area contributed by atoms with Crippen molar-refractivity contribution in [2.24, 2.45) is 0 Å². The minimum absolute atomic E-state index is 0.0475. The number of likely N-dealkylation sites (N-methyl/N-ethyl adjacent to an activating group) is 1. The number of quaternary nitrogens is 1. The second-order valence-electron chi connectivity index (χ2n) is 14.9. The number of ether oxygens (including phenoxy) is 1. The fraction of sp³-hybridized carbons (Fsp3) is 0.950. The van der Waals surface area contributed by atoms with Gasteiger partial charge in [0.1, 0.15) is 6.54 Å². The zero-order chi connectivity index (χ0) is 33.3. The van der Waals surface area contributed by atoms with E-state index in [0.29, 0.717) is 17.4 Å². The maximum Gasteiger partial charge on any atom is 0.359 e. The van der Waals surface area contributed by atoms with Crippen molar-refractivity contribution in [3.05, 3.63) is 0 Å². The Hall–Kier alpha value is -1.10. The van der Waals surface area contributed by atoms with Crippen LogP contribution in [-0.4, -0.2) is 54.8 Å². The molecular weight excluding hydrogens is 558 g/mol. The maximum atomic E-state index is 12.7. The van der Waals surface area contributed by atoms with Crippen molar-refractivity contribution in [3.8, 4) is 0 Å². The second kappa shape index (κ2) is 32.8. The lowest BCUT2D eigenvalue weighted by Gasteiger charge is -2.31. The molecule has 0 fully saturated rings. The predicted molar refractivity (Wildman–Crippen MR) is 194 cm³/mol. The summed E-state index contributed by atoms with van der Waals surface area (Å²) in [6.45, 7) is 5.17. The highest BCUT2D eigenvalue weighted by Gasteiger charge is 2.27. The van der Waals surface area contributed by atoms with Gasteiger partial charge in [-0.3, -0.25) is 4.79 Å². The van der Waals surface area contributed by atoms with Crippen molar-refractivity contribution in [1.82, 2.24) is 0 Å². The van der Waals surface area contributed by atoms with Crippen LogP contribution in [0.1, 0.15) is 213 Å². The SMILES string of the molecule is CCCCCCCCCCCCCCCCCC(=O)OC(CCCCCCCCCCCCCCCC)C[N+](C)(C)CC(=O)O. The first-order valence-corrected chi connectivity index (χ1v) is 20.0. The Kier molecular flexibility index (Phi) is 32.0. The molecule has 0 aromatic carbocycles. The number of unbranched alkanes of at least 4 members (excludes halogenated alkanes) is 27. The minimum atomic E-state index is -0.806. The van der Waals surface area contributed by atoms with Crippen LogP contribution in [0.5, 0.6) is 0 Å². The molecule has 0 heterocycles. The lowest BCUT2D eigenvalue weighted by atomic mass is 10.0. The Morgan fingerprint density at radius 3 is 1.16 bits per heavy atom. The molecule has 0 saturated heterocycles. The van der Waals surface area contributed by atoms with Gasteiger partial charge in [-0.25, -0.2) is 4.79 Å². The predicted octanol–water partition coefficient (Wildman–Crippen LogP) is 12.2. The molecule has 5 nitrogen and oxygen atoms in total. The van der Waals surface area contributed by atoms with Gasteiger partial charge in [-0.15, -0.1) is 0 Å². The molecule has 0 aromatic rings. The Bertz CT molecular complexity index is 650. The summed E-state index contributed by atoms with van der Waals surface area (Å²) >= 11 is 0. The molecule has 0 aliphatic rings. The number of nitrogens with zero attached hydrogens (tertiary/aromatic N) is 1. The van der Waals surface area contributed by atoms with Crippen LogP contribution >= 0.6 is 0 Å². The fourth-order valence-electron chi connectivity index (χ4n) is 6.62. The summed E-state index contributed by atoms with van der Waals surface area (Å²) in [5, 5.41) is 9.33. The van der Waals surface area contributed by atoms with Crippen molar-refractivity contribution in [1.29, 1.82) is 0 Å². The second-order valence-corrected chi connectivity index (χ2v) is 14.9. The first kappa shape index (κ1) is 43.9. The smallest absolute Gasteiger partial charge is 0.359 e. The lowest BCUT2D eigenvalue weighted by molar-refractivity contribution is -0.886. The Morgan fingerprint density at radius 2 is 0.822 bits per heavy atom. The zero-order valence-corrected chi connectivity index (χ0v) is 31.0. The van der Waals surface area contributed by atoms with E-state index in [1.165, 1.54) is 161 Å². The van der Waals surface area contributed by atoms with Crippen molar-refractivity contribution in [3.63, 3.8) is 0 Å². The van der Waals surface area contributed by atoms with Gasteiger partial charge in [0.25, 0.3) is 0 Å². The van der Waals surface area contributed by atoms with Crippen LogP contribution < -0.4 is 0 Å². The van der Waals surface area contributed by atoms with Crippen molar-refractivity contribution < 1.29 is 23.9 Å². The van der Waals surface area contributed by atoms with Gasteiger partial charge in [0, 0.05) is 6.42 Å². The van der Waals surface area contributed by atoms with Gasteiger partial charge < -0.3 is 14.3 Å². The topological polar surface area (TPSA) is 63.6 Å². The van der Waals surface area contributed by atoms with Crippen LogP contribution in [0.4, 0.5) is 0 Å². The molecule has 268 valence electrons. The Labute approximate surface area is 281 Å². The number of aliphatic carboxylic acids is 1. The van der Waals surface area contributed by atoms with Crippen molar-refractivity contribution in [2.45, 2.75) is 219 Å². The van der Waals surface area contributed by atoms with E-state index in [1.54, 1.807) is 0 Å². The van der Waals surface area contributed by atoms with Crippen LogP contribution in [0.3, 0.4) is 0 Å². The highest BCUT2D eigenvalue weighted by Crippen LogP contribution is 2.18. The molecule has 0 saturated carbocycles. The number of carboxylic acids is 1. The molecule has 0 amide bonds. The summed E-state index contributed by atoms with van der Waals surface area (Å²) < 4.78 is 6.29. The number of hydrogen-bond acceptors (Lipinski definition) is 3. The van der Waals surface area contributed by atoms with E-state index in [9.17, 15) is 14.7 Å². The first-order valence-electron chi connectivity index (χ1n) is 20.0. The number of carboxylic acid groups (broad SMARTS) is 1. The van der Waals surface area contributed by atoms with Gasteiger partial charge in [0.05, 0.1) is 14.1 Å². The minimum Gasteiger partial charge on any atom is -0.477 e. The van der Waals surface area contributed by atoms with E-state index in [-0.39, 0.29) is 18.6 Å². The molecule has 0 rings (SSSR count). The Morgan fingerprint density at radius 1 is 0.511 bits per heavy atom. The zero-order valence-electron chi connectivity index (χ0n) is 31.0. The van der Waals surface area contributed by atoms with Crippen molar-refractivity contribution >= 4 is 11.9 Å². The van der Waals surface area contributed by atoms with Crippen LogP contribution in [0.2, 0.25) is 0 Å². The van der Waals surface area contributed by atoms with Gasteiger partial charge in [0.15, 0.2) is 12.6 Å². The summed E-state index contributed by atoms with van der Waals surface area (Å²) in [4.78, 5) is 24.1. The van der Waals surface area contributed by atoms with Crippen molar-refractivity contribution in [2.75, 3.05) is 27.2 Å². The summed E-state index contributed by atoms with van der Waals surface area (Å²) in [5.74, 6) is -0.908. The van der Waals surface area contributed by atoms with E-state index in [4.69, 9.17) is 4.74 Å². The molecule has 1 atom stereocenters. The molecule has 0 bridgehead atoms.